The number of para-hydroxylation sites is 1. The molecule has 0 spiro atoms. The Balaban J connectivity index is 0.000000321. The lowest BCUT2D eigenvalue weighted by Gasteiger charge is -2.10. The number of carbonyl (C=O) groups excluding carboxylic acids is 1. The molecule has 5 heteroatoms. The predicted molar refractivity (Wildman–Crippen MR) is 113 cm³/mol. The van der Waals surface area contributed by atoms with Crippen LogP contribution in [0.2, 0.25) is 0 Å². The van der Waals surface area contributed by atoms with Gasteiger partial charge >= 0.3 is 0 Å². The Kier molecular flexibility index (Phi) is 7.70. The second kappa shape index (κ2) is 10.00. The Morgan fingerprint density at radius 1 is 0.963 bits per heavy atom. The zero-order chi connectivity index (χ0) is 19.8. The predicted octanol–water partition coefficient (Wildman–Crippen LogP) is 2.77. The van der Waals surface area contributed by atoms with Gasteiger partial charge in [0.25, 0.3) is 0 Å². The third-order valence-corrected chi connectivity index (χ3v) is 5.03. The number of aromatic nitrogens is 1. The van der Waals surface area contributed by atoms with Crippen molar-refractivity contribution in [2.45, 2.75) is 20.8 Å². The van der Waals surface area contributed by atoms with Crippen LogP contribution in [0.1, 0.15) is 36.7 Å². The first-order valence-electron chi connectivity index (χ1n) is 9.28. The molecular weight excluding hydrogens is 356 g/mol. The second-order valence-electron chi connectivity index (χ2n) is 6.21. The van der Waals surface area contributed by atoms with Crippen LogP contribution in [-0.4, -0.2) is 35.3 Å². The number of nitrogens with one attached hydrogen (secondary N) is 2. The van der Waals surface area contributed by atoms with Gasteiger partial charge in [0.15, 0.2) is 0 Å². The van der Waals surface area contributed by atoms with Crippen LogP contribution in [0, 0.1) is 0 Å². The summed E-state index contributed by atoms with van der Waals surface area (Å²) in [4.78, 5) is 16.8. The van der Waals surface area contributed by atoms with E-state index in [4.69, 9.17) is 12.2 Å². The van der Waals surface area contributed by atoms with E-state index >= 15 is 0 Å². The van der Waals surface area contributed by atoms with Gasteiger partial charge in [0, 0.05) is 22.0 Å². The van der Waals surface area contributed by atoms with Crippen molar-refractivity contribution < 1.29 is 14.8 Å². The van der Waals surface area contributed by atoms with Crippen molar-refractivity contribution >= 4 is 33.8 Å². The van der Waals surface area contributed by atoms with Crippen LogP contribution in [0.5, 0.6) is 5.88 Å². The van der Waals surface area contributed by atoms with Crippen molar-refractivity contribution in [3.63, 3.8) is 0 Å². The molecule has 2 aromatic carbocycles. The number of fused-ring (bicyclic) bond motifs is 1. The minimum Gasteiger partial charge on any atom is -0.860 e. The summed E-state index contributed by atoms with van der Waals surface area (Å²) in [6.45, 7) is 10.5. The highest BCUT2D eigenvalue weighted by atomic mass is 32.1. The highest BCUT2D eigenvalue weighted by molar-refractivity contribution is 7.82. The number of ketones is 1. The zero-order valence-electron chi connectivity index (χ0n) is 16.0. The summed E-state index contributed by atoms with van der Waals surface area (Å²) >= 11 is 5.22. The standard InChI is InChI=1S/C16H11NO2S.C6H15N/c18-14(10-6-2-1-3-7-10)15(20)13-11-8-4-5-9-12(11)17-16(13)19;1-4-7(5-2)6-3/h1-9,17,19H;4-6H2,1-3H3. The lowest BCUT2D eigenvalue weighted by Crippen LogP contribution is -3.11. The van der Waals surface area contributed by atoms with Gasteiger partial charge in [-0.25, -0.2) is 0 Å². The molecule has 0 saturated heterocycles. The number of carbonyl (C=O) groups is 1. The molecule has 0 amide bonds. The number of hydrogen-bond donors (Lipinski definition) is 2. The van der Waals surface area contributed by atoms with Gasteiger partial charge < -0.3 is 15.0 Å². The zero-order valence-corrected chi connectivity index (χ0v) is 16.9. The minimum atomic E-state index is -0.319. The molecule has 0 aliphatic rings. The van der Waals surface area contributed by atoms with Crippen LogP contribution in [0.25, 0.3) is 10.9 Å². The summed E-state index contributed by atoms with van der Waals surface area (Å²) in [6, 6.07) is 15.9. The molecule has 0 aliphatic heterocycles. The number of hydrogen-bond acceptors (Lipinski definition) is 3. The van der Waals surface area contributed by atoms with E-state index in [-0.39, 0.29) is 22.1 Å². The maximum Gasteiger partial charge on any atom is 0.204 e. The van der Waals surface area contributed by atoms with Gasteiger partial charge in [-0.05, 0) is 32.7 Å². The van der Waals surface area contributed by atoms with Gasteiger partial charge in [-0.3, -0.25) is 4.79 Å². The molecule has 0 radical (unpaired) electrons. The molecule has 0 unspecified atom stereocenters. The topological polar surface area (TPSA) is 60.4 Å². The molecule has 1 heterocycles. The van der Waals surface area contributed by atoms with Crippen molar-refractivity contribution in [3.05, 3.63) is 65.7 Å². The van der Waals surface area contributed by atoms with Crippen molar-refractivity contribution in [2.24, 2.45) is 0 Å². The summed E-state index contributed by atoms with van der Waals surface area (Å²) in [7, 11) is 0. The third-order valence-electron chi connectivity index (χ3n) is 4.64. The van der Waals surface area contributed by atoms with Gasteiger partial charge in [0.2, 0.25) is 5.78 Å². The van der Waals surface area contributed by atoms with E-state index in [2.05, 4.69) is 25.8 Å². The first-order valence-corrected chi connectivity index (χ1v) is 9.69. The van der Waals surface area contributed by atoms with Crippen LogP contribution < -0.4 is 10.0 Å². The lowest BCUT2D eigenvalue weighted by molar-refractivity contribution is -0.894. The van der Waals surface area contributed by atoms with Gasteiger partial charge in [-0.1, -0.05) is 60.7 Å². The van der Waals surface area contributed by atoms with Gasteiger partial charge in [-0.2, -0.15) is 0 Å². The van der Waals surface area contributed by atoms with E-state index in [1.165, 1.54) is 19.6 Å². The molecule has 2 N–H and O–H groups in total. The molecule has 0 aliphatic carbocycles. The Bertz CT molecular complexity index is 894. The van der Waals surface area contributed by atoms with Crippen molar-refractivity contribution in [3.8, 4) is 5.88 Å². The lowest BCUT2D eigenvalue weighted by atomic mass is 10.0. The Labute approximate surface area is 165 Å². The molecule has 27 heavy (non-hydrogen) atoms. The van der Waals surface area contributed by atoms with E-state index in [9.17, 15) is 9.90 Å². The number of rotatable bonds is 6. The largest absolute Gasteiger partial charge is 0.860 e. The quantitative estimate of drug-likeness (QED) is 0.509. The molecular formula is C22H26N2O2S. The number of benzene rings is 2. The fourth-order valence-electron chi connectivity index (χ4n) is 2.93. The second-order valence-corrected chi connectivity index (χ2v) is 6.62. The summed E-state index contributed by atoms with van der Waals surface area (Å²) in [5.74, 6) is -0.622. The van der Waals surface area contributed by atoms with Crippen LogP contribution in [0.4, 0.5) is 0 Å². The minimum absolute atomic E-state index is 0.0543. The van der Waals surface area contributed by atoms with Crippen LogP contribution >= 0.6 is 12.2 Å². The van der Waals surface area contributed by atoms with Crippen LogP contribution in [0.3, 0.4) is 0 Å². The smallest absolute Gasteiger partial charge is 0.204 e. The molecule has 142 valence electrons. The van der Waals surface area contributed by atoms with Gasteiger partial charge in [0.05, 0.1) is 24.5 Å². The van der Waals surface area contributed by atoms with Crippen LogP contribution in [-0.2, 0) is 0 Å². The normalized spacial score (nSPS) is 10.5. The number of aromatic amines is 1. The highest BCUT2D eigenvalue weighted by Gasteiger charge is 2.18. The van der Waals surface area contributed by atoms with E-state index in [0.29, 0.717) is 16.5 Å². The molecule has 0 saturated carbocycles. The van der Waals surface area contributed by atoms with Crippen molar-refractivity contribution in [1.82, 2.24) is 4.98 Å². The molecule has 0 atom stereocenters. The fourth-order valence-corrected chi connectivity index (χ4v) is 3.25. The third kappa shape index (κ3) is 5.02. The number of thiocarbonyl (C=S) groups is 1. The number of Topliss-reactive ketones (excluding diaryl/α,β-unsaturated/α-hetero) is 1. The summed E-state index contributed by atoms with van der Waals surface area (Å²) in [5, 5.41) is 12.7. The molecule has 4 nitrogen and oxygen atoms in total. The molecule has 0 bridgehead atoms. The van der Waals surface area contributed by atoms with Gasteiger partial charge in [-0.15, -0.1) is 0 Å². The van der Waals surface area contributed by atoms with E-state index in [1.807, 2.05) is 18.2 Å². The van der Waals surface area contributed by atoms with E-state index in [0.717, 1.165) is 0 Å². The summed E-state index contributed by atoms with van der Waals surface area (Å²) in [6.07, 6.45) is 0. The molecule has 3 aromatic rings. The number of H-pyrrole nitrogens is 1. The summed E-state index contributed by atoms with van der Waals surface area (Å²) < 4.78 is 0. The van der Waals surface area contributed by atoms with E-state index < -0.39 is 0 Å². The summed E-state index contributed by atoms with van der Waals surface area (Å²) in [5.41, 5.74) is 1.46. The van der Waals surface area contributed by atoms with Crippen molar-refractivity contribution in [2.75, 3.05) is 19.6 Å². The average Bonchev–Trinajstić information content (AvgIpc) is 3.05. The molecule has 1 aromatic heterocycles. The SMILES string of the molecule is CC[NH+](CC)CC.O=C(C(=S)c1c([O-])[nH]c2ccccc12)c1ccccc1. The fraction of sp³-hybridized carbons (Fsp3) is 0.273. The maximum atomic E-state index is 12.3. The highest BCUT2D eigenvalue weighted by Crippen LogP contribution is 2.27. The Morgan fingerprint density at radius 2 is 1.52 bits per heavy atom. The Morgan fingerprint density at radius 3 is 2.07 bits per heavy atom. The van der Waals surface area contributed by atoms with Gasteiger partial charge in [0.1, 0.15) is 0 Å². The first kappa shape index (κ1) is 20.8. The monoisotopic (exact) mass is 382 g/mol. The van der Waals surface area contributed by atoms with E-state index in [1.54, 1.807) is 41.3 Å². The van der Waals surface area contributed by atoms with Crippen LogP contribution in [0.15, 0.2) is 54.6 Å². The molecule has 0 fully saturated rings. The first-order chi connectivity index (χ1) is 13.0. The van der Waals surface area contributed by atoms with Crippen molar-refractivity contribution in [1.29, 1.82) is 0 Å². The Hall–Kier alpha value is -2.50. The number of quaternary nitrogens is 1. The maximum absolute atomic E-state index is 12.3. The average molecular weight is 383 g/mol. The molecule has 3 rings (SSSR count).